The van der Waals surface area contributed by atoms with Crippen molar-refractivity contribution < 1.29 is 0 Å². The van der Waals surface area contributed by atoms with Crippen LogP contribution in [0.1, 0.15) is 71.5 Å². The number of nitrogens with two attached hydrogens (primary N) is 1. The Bertz CT molecular complexity index is 832. The quantitative estimate of drug-likeness (QED) is 0.374. The molecule has 4 heteroatoms. The average Bonchev–Trinajstić information content (AvgIpc) is 3.25. The van der Waals surface area contributed by atoms with Gasteiger partial charge in [-0.3, -0.25) is 0 Å². The molecule has 0 saturated heterocycles. The Morgan fingerprint density at radius 3 is 2.00 bits per heavy atom. The second kappa shape index (κ2) is 13.6. The number of nitrogens with one attached hydrogen (secondary N) is 1. The summed E-state index contributed by atoms with van der Waals surface area (Å²) in [6.45, 7) is 18.3. The smallest absolute Gasteiger partial charge is 0.125 e. The number of fused-ring (bicyclic) bond motifs is 1. The lowest BCUT2D eigenvalue weighted by atomic mass is 10.1. The van der Waals surface area contributed by atoms with E-state index in [4.69, 9.17) is 5.84 Å². The van der Waals surface area contributed by atoms with Gasteiger partial charge in [0.05, 0.1) is 11.4 Å². The van der Waals surface area contributed by atoms with Gasteiger partial charge in [0.25, 0.3) is 0 Å². The molecule has 0 fully saturated rings. The van der Waals surface area contributed by atoms with Gasteiger partial charge in [-0.2, -0.15) is 0 Å². The Hall–Kier alpha value is -2.49. The number of para-hydroxylation sites is 1. The fraction of sp³-hybridized carbons (Fsp3) is 0.458. The van der Waals surface area contributed by atoms with Crippen LogP contribution in [0.15, 0.2) is 36.4 Å². The molecule has 2 aromatic heterocycles. The highest BCUT2D eigenvalue weighted by Gasteiger charge is 2.14. The van der Waals surface area contributed by atoms with E-state index in [0.717, 1.165) is 28.4 Å². The van der Waals surface area contributed by atoms with E-state index in [-0.39, 0.29) is 0 Å². The summed E-state index contributed by atoms with van der Waals surface area (Å²) >= 11 is 0. The fourth-order valence-corrected chi connectivity index (χ4v) is 2.78. The third-order valence-electron chi connectivity index (χ3n) is 4.02. The minimum absolute atomic E-state index is 0.817. The van der Waals surface area contributed by atoms with Gasteiger partial charge in [0.2, 0.25) is 0 Å². The number of rotatable bonds is 3. The van der Waals surface area contributed by atoms with E-state index >= 15 is 0 Å². The predicted molar refractivity (Wildman–Crippen MR) is 126 cm³/mol. The van der Waals surface area contributed by atoms with Crippen LogP contribution in [-0.4, -0.2) is 14.6 Å². The number of nitrogens with zero attached hydrogens (tertiary/aromatic N) is 2. The lowest BCUT2D eigenvalue weighted by Crippen LogP contribution is -2.11. The van der Waals surface area contributed by atoms with Crippen molar-refractivity contribution in [2.45, 2.75) is 75.2 Å². The number of benzene rings is 1. The van der Waals surface area contributed by atoms with Gasteiger partial charge >= 0.3 is 0 Å². The van der Waals surface area contributed by atoms with E-state index in [2.05, 4.69) is 67.2 Å². The van der Waals surface area contributed by atoms with Gasteiger partial charge in [-0.25, -0.2) is 9.66 Å². The maximum absolute atomic E-state index is 6.03. The van der Waals surface area contributed by atoms with Crippen molar-refractivity contribution in [1.82, 2.24) is 14.6 Å². The lowest BCUT2D eigenvalue weighted by Gasteiger charge is -2.02. The van der Waals surface area contributed by atoms with E-state index in [9.17, 15) is 0 Å². The number of allylic oxidation sites excluding steroid dienone is 2. The first kappa shape index (κ1) is 25.5. The monoisotopic (exact) mass is 384 g/mol. The van der Waals surface area contributed by atoms with Crippen molar-refractivity contribution in [3.8, 4) is 11.4 Å². The molecule has 0 bridgehead atoms. The van der Waals surface area contributed by atoms with Crippen molar-refractivity contribution in [3.05, 3.63) is 53.5 Å². The number of hydrogen-bond donors (Lipinski definition) is 2. The Morgan fingerprint density at radius 2 is 1.57 bits per heavy atom. The second-order valence-corrected chi connectivity index (χ2v) is 5.97. The van der Waals surface area contributed by atoms with Crippen LogP contribution >= 0.6 is 0 Å². The Kier molecular flexibility index (Phi) is 12.4. The Balaban J connectivity index is 0.000000622. The summed E-state index contributed by atoms with van der Waals surface area (Å²) in [6, 6.07) is 8.38. The molecule has 4 nitrogen and oxygen atoms in total. The zero-order chi connectivity index (χ0) is 21.7. The molecular weight excluding hydrogens is 344 g/mol. The molecule has 0 aliphatic heterocycles. The van der Waals surface area contributed by atoms with Crippen LogP contribution in [0.5, 0.6) is 0 Å². The van der Waals surface area contributed by atoms with E-state index in [1.165, 1.54) is 23.8 Å². The van der Waals surface area contributed by atoms with Gasteiger partial charge in [-0.15, -0.1) is 0 Å². The molecule has 0 amide bonds. The first-order valence-electron chi connectivity index (χ1n) is 10.5. The standard InChI is InChI=1S/C14H16N4.C6H12.2C2H6/c1-8-5-4-6-11-7-12(17-13(8)11)14-9(2)16-10(3)18(14)15;1-3-5-6-4-2;2*1-2/h4-7,17H,15H2,1-3H3;5-6H,3-4H2,1-2H3;2*1-2H3/b;6-5+;;. The molecule has 0 unspecified atom stereocenters. The van der Waals surface area contributed by atoms with Gasteiger partial charge in [-0.05, 0) is 45.2 Å². The summed E-state index contributed by atoms with van der Waals surface area (Å²) < 4.78 is 1.63. The van der Waals surface area contributed by atoms with Crippen molar-refractivity contribution in [1.29, 1.82) is 0 Å². The molecule has 3 N–H and O–H groups in total. The van der Waals surface area contributed by atoms with Gasteiger partial charge in [0.15, 0.2) is 0 Å². The van der Waals surface area contributed by atoms with E-state index < -0.39 is 0 Å². The molecule has 1 aromatic carbocycles. The molecule has 0 atom stereocenters. The first-order chi connectivity index (χ1) is 13.5. The summed E-state index contributed by atoms with van der Waals surface area (Å²) in [5.41, 5.74) is 5.30. The van der Waals surface area contributed by atoms with Crippen LogP contribution in [0.2, 0.25) is 0 Å². The minimum Gasteiger partial charge on any atom is -0.353 e. The normalized spacial score (nSPS) is 9.89. The molecule has 28 heavy (non-hydrogen) atoms. The zero-order valence-corrected chi connectivity index (χ0v) is 19.4. The zero-order valence-electron chi connectivity index (χ0n) is 19.4. The van der Waals surface area contributed by atoms with Crippen LogP contribution in [0.25, 0.3) is 22.3 Å². The van der Waals surface area contributed by atoms with Crippen LogP contribution in [0.4, 0.5) is 0 Å². The molecule has 3 aromatic rings. The molecule has 0 aliphatic carbocycles. The molecular formula is C24H40N4. The number of aromatic amines is 1. The maximum atomic E-state index is 6.03. The summed E-state index contributed by atoms with van der Waals surface area (Å²) in [5.74, 6) is 6.85. The first-order valence-corrected chi connectivity index (χ1v) is 10.5. The highest BCUT2D eigenvalue weighted by molar-refractivity contribution is 5.88. The van der Waals surface area contributed by atoms with Crippen molar-refractivity contribution in [2.75, 3.05) is 5.84 Å². The number of imidazole rings is 1. The highest BCUT2D eigenvalue weighted by Crippen LogP contribution is 2.27. The van der Waals surface area contributed by atoms with Gasteiger partial charge in [0.1, 0.15) is 11.5 Å². The molecule has 3 rings (SSSR count). The average molecular weight is 385 g/mol. The number of H-pyrrole nitrogens is 1. The largest absolute Gasteiger partial charge is 0.353 e. The fourth-order valence-electron chi connectivity index (χ4n) is 2.78. The van der Waals surface area contributed by atoms with Crippen LogP contribution < -0.4 is 5.84 Å². The molecule has 0 radical (unpaired) electrons. The van der Waals surface area contributed by atoms with Gasteiger partial charge in [-0.1, -0.05) is 71.9 Å². The third-order valence-corrected chi connectivity index (χ3v) is 4.02. The number of nitrogen functional groups attached to an aromatic ring is 1. The van der Waals surface area contributed by atoms with E-state index in [0.29, 0.717) is 0 Å². The topological polar surface area (TPSA) is 59.6 Å². The molecule has 0 spiro atoms. The van der Waals surface area contributed by atoms with E-state index in [1.54, 1.807) is 4.68 Å². The molecule has 0 aliphatic rings. The van der Waals surface area contributed by atoms with Crippen molar-refractivity contribution in [3.63, 3.8) is 0 Å². The summed E-state index contributed by atoms with van der Waals surface area (Å²) in [7, 11) is 0. The van der Waals surface area contributed by atoms with E-state index in [1.807, 2.05) is 41.5 Å². The van der Waals surface area contributed by atoms with Crippen LogP contribution in [0.3, 0.4) is 0 Å². The SMILES string of the molecule is CC.CC.CC/C=C/CC.Cc1nc(C)n(N)c1-c1cc2cccc(C)c2[nH]1. The van der Waals surface area contributed by atoms with Crippen LogP contribution in [0, 0.1) is 20.8 Å². The summed E-state index contributed by atoms with van der Waals surface area (Å²) in [5, 5.41) is 1.20. The third kappa shape index (κ3) is 6.59. The van der Waals surface area contributed by atoms with Crippen LogP contribution in [-0.2, 0) is 0 Å². The van der Waals surface area contributed by atoms with Gasteiger partial charge < -0.3 is 10.8 Å². The number of aryl methyl sites for hydroxylation is 3. The van der Waals surface area contributed by atoms with Gasteiger partial charge in [0, 0.05) is 10.9 Å². The number of hydrogen-bond acceptors (Lipinski definition) is 2. The molecule has 2 heterocycles. The minimum atomic E-state index is 0.817. The predicted octanol–water partition coefficient (Wildman–Crippen LogP) is 7.09. The Labute approximate surface area is 171 Å². The van der Waals surface area contributed by atoms with Crippen molar-refractivity contribution in [2.24, 2.45) is 0 Å². The summed E-state index contributed by atoms with van der Waals surface area (Å²) in [4.78, 5) is 7.83. The second-order valence-electron chi connectivity index (χ2n) is 5.97. The maximum Gasteiger partial charge on any atom is 0.125 e. The van der Waals surface area contributed by atoms with Crippen molar-refractivity contribution >= 4 is 10.9 Å². The highest BCUT2D eigenvalue weighted by atomic mass is 15.3. The molecule has 0 saturated carbocycles. The summed E-state index contributed by atoms with van der Waals surface area (Å²) in [6.07, 6.45) is 6.71. The Morgan fingerprint density at radius 1 is 1.00 bits per heavy atom. The molecule has 156 valence electrons. The lowest BCUT2D eigenvalue weighted by molar-refractivity contribution is 0.931. The number of aromatic nitrogens is 3.